The van der Waals surface area contributed by atoms with Gasteiger partial charge in [-0.25, -0.2) is 14.8 Å². The van der Waals surface area contributed by atoms with E-state index in [0.717, 1.165) is 19.3 Å². The highest BCUT2D eigenvalue weighted by Crippen LogP contribution is 2.37. The molecule has 2 aliphatic rings. The number of nitrogens with zero attached hydrogens (tertiary/aromatic N) is 4. The number of benzene rings is 1. The predicted molar refractivity (Wildman–Crippen MR) is 133 cm³/mol. The molecule has 1 aliphatic heterocycles. The van der Waals surface area contributed by atoms with E-state index in [-0.39, 0.29) is 17.4 Å². The Kier molecular flexibility index (Phi) is 5.93. The first-order valence-electron chi connectivity index (χ1n) is 12.1. The first-order valence-corrected chi connectivity index (χ1v) is 12.1. The van der Waals surface area contributed by atoms with Crippen LogP contribution in [0.15, 0.2) is 51.6 Å². The molecule has 37 heavy (non-hydrogen) atoms. The number of aliphatic imine (C=N–C) groups is 1. The van der Waals surface area contributed by atoms with Crippen molar-refractivity contribution in [2.24, 2.45) is 10.9 Å². The second kappa shape index (κ2) is 8.99. The van der Waals surface area contributed by atoms with Gasteiger partial charge in [0.25, 0.3) is 5.91 Å². The summed E-state index contributed by atoms with van der Waals surface area (Å²) in [5, 5.41) is 16.5. The van der Waals surface area contributed by atoms with Crippen LogP contribution in [0.4, 0.5) is 5.69 Å². The topological polar surface area (TPSA) is 149 Å². The monoisotopic (exact) mass is 505 g/mol. The van der Waals surface area contributed by atoms with Crippen LogP contribution in [-0.2, 0) is 14.3 Å². The van der Waals surface area contributed by atoms with E-state index in [1.54, 1.807) is 45.9 Å². The van der Waals surface area contributed by atoms with Gasteiger partial charge < -0.3 is 24.3 Å². The van der Waals surface area contributed by atoms with Crippen LogP contribution < -0.4 is 5.32 Å². The van der Waals surface area contributed by atoms with Gasteiger partial charge in [0, 0.05) is 6.04 Å². The molecule has 0 radical (unpaired) electrons. The zero-order valence-corrected chi connectivity index (χ0v) is 20.9. The maximum Gasteiger partial charge on any atom is 0.338 e. The number of aromatic nitrogens is 3. The van der Waals surface area contributed by atoms with Crippen molar-refractivity contribution in [2.75, 3.05) is 5.32 Å². The lowest BCUT2D eigenvalue weighted by atomic mass is 9.90. The average Bonchev–Trinajstić information content (AvgIpc) is 3.43. The quantitative estimate of drug-likeness (QED) is 0.492. The minimum Gasteiger partial charge on any atom is -0.503 e. The number of aliphatic hydroxyl groups excluding tert-OH is 1. The molecule has 3 aromatic rings. The number of ketones is 1. The van der Waals surface area contributed by atoms with Crippen molar-refractivity contribution in [3.05, 3.63) is 53.5 Å². The molecule has 0 spiro atoms. The largest absolute Gasteiger partial charge is 0.503 e. The van der Waals surface area contributed by atoms with Gasteiger partial charge in [-0.3, -0.25) is 9.59 Å². The number of imidazole rings is 1. The van der Waals surface area contributed by atoms with Crippen LogP contribution in [0.25, 0.3) is 11.0 Å². The van der Waals surface area contributed by atoms with Gasteiger partial charge in [0.2, 0.25) is 5.78 Å². The number of rotatable bonds is 5. The third-order valence-corrected chi connectivity index (χ3v) is 6.39. The van der Waals surface area contributed by atoms with Crippen LogP contribution in [0.1, 0.15) is 69.2 Å². The number of nitrogens with one attached hydrogen (secondary N) is 1. The molecule has 0 bridgehead atoms. The molecular formula is C26H27N5O6. The molecule has 1 unspecified atom stereocenters. The molecule has 1 atom stereocenters. The Labute approximate surface area is 212 Å². The van der Waals surface area contributed by atoms with Gasteiger partial charge >= 0.3 is 5.97 Å². The maximum absolute atomic E-state index is 13.0. The summed E-state index contributed by atoms with van der Waals surface area (Å²) in [5.74, 6) is -3.00. The lowest BCUT2D eigenvalue weighted by molar-refractivity contribution is -0.121. The summed E-state index contributed by atoms with van der Waals surface area (Å²) in [6, 6.07) is 5.21. The number of ether oxygens (including phenoxy) is 1. The van der Waals surface area contributed by atoms with E-state index in [2.05, 4.69) is 15.5 Å². The van der Waals surface area contributed by atoms with Crippen molar-refractivity contribution in [1.82, 2.24) is 14.7 Å². The van der Waals surface area contributed by atoms with Crippen LogP contribution in [0.3, 0.4) is 0 Å². The van der Waals surface area contributed by atoms with Gasteiger partial charge in [-0.1, -0.05) is 5.16 Å². The Morgan fingerprint density at radius 3 is 2.62 bits per heavy atom. The Balaban J connectivity index is 1.61. The Morgan fingerprint density at radius 1 is 1.24 bits per heavy atom. The first kappa shape index (κ1) is 24.4. The minimum atomic E-state index is -0.840. The number of amides is 1. The molecule has 1 aliphatic carbocycles. The van der Waals surface area contributed by atoms with Crippen molar-refractivity contribution in [3.63, 3.8) is 0 Å². The molecule has 1 amide bonds. The molecule has 1 aromatic carbocycles. The lowest BCUT2D eigenvalue weighted by Crippen LogP contribution is -2.34. The summed E-state index contributed by atoms with van der Waals surface area (Å²) in [6.45, 7) is 7.03. The maximum atomic E-state index is 13.0. The highest BCUT2D eigenvalue weighted by atomic mass is 16.6. The summed E-state index contributed by atoms with van der Waals surface area (Å²) >= 11 is 0. The number of Topliss-reactive ketones (excluding diaryl/α,β-unsaturated/α-hetero) is 1. The third kappa shape index (κ3) is 4.52. The van der Waals surface area contributed by atoms with E-state index in [0.29, 0.717) is 22.4 Å². The number of hydrogen-bond acceptors (Lipinski definition) is 9. The highest BCUT2D eigenvalue weighted by Gasteiger charge is 2.37. The smallest absolute Gasteiger partial charge is 0.338 e. The molecule has 2 aromatic heterocycles. The fraction of sp³-hybridized carbons (Fsp3) is 0.385. The van der Waals surface area contributed by atoms with Gasteiger partial charge in [0.1, 0.15) is 17.6 Å². The van der Waals surface area contributed by atoms with E-state index < -0.39 is 40.6 Å². The standard InChI is InChI=1S/C26H27N5O6/c1-13-19(30-20(22(33)21(13)32)24(34)28-15-11-27-36-12-15)23-29-17-9-8-14(25(35)37-26(2,3)4)10-18(17)31(23)16-6-5-7-16/h8-13,16,33H,5-7H2,1-4H3,(H,28,34). The molecular weight excluding hydrogens is 478 g/mol. The molecule has 192 valence electrons. The SMILES string of the molecule is CC1C(=O)C(O)=C(C(=O)Nc2cnoc2)N=C1c1nc2ccc(C(=O)OC(C)(C)C)cc2n1C1CCC1. The van der Waals surface area contributed by atoms with Crippen LogP contribution >= 0.6 is 0 Å². The van der Waals surface area contributed by atoms with Crippen molar-refractivity contribution < 1.29 is 28.8 Å². The number of fused-ring (bicyclic) bond motifs is 1. The van der Waals surface area contributed by atoms with E-state index in [4.69, 9.17) is 14.2 Å². The van der Waals surface area contributed by atoms with Crippen molar-refractivity contribution in [2.45, 2.75) is 58.6 Å². The fourth-order valence-electron chi connectivity index (χ4n) is 4.33. The first-order chi connectivity index (χ1) is 17.5. The molecule has 2 N–H and O–H groups in total. The number of anilines is 1. The number of esters is 1. The second-order valence-electron chi connectivity index (χ2n) is 10.2. The van der Waals surface area contributed by atoms with Gasteiger partial charge in [-0.2, -0.15) is 0 Å². The zero-order chi connectivity index (χ0) is 26.5. The fourth-order valence-corrected chi connectivity index (χ4v) is 4.33. The summed E-state index contributed by atoms with van der Waals surface area (Å²) in [5.41, 5.74) is 1.17. The Hall–Kier alpha value is -4.28. The molecule has 11 nitrogen and oxygen atoms in total. The van der Waals surface area contributed by atoms with Crippen LogP contribution in [-0.4, -0.2) is 48.8 Å². The lowest BCUT2D eigenvalue weighted by Gasteiger charge is -2.30. The van der Waals surface area contributed by atoms with Crippen LogP contribution in [0.5, 0.6) is 0 Å². The summed E-state index contributed by atoms with van der Waals surface area (Å²) in [7, 11) is 0. The van der Waals surface area contributed by atoms with Crippen LogP contribution in [0.2, 0.25) is 0 Å². The molecule has 1 fully saturated rings. The average molecular weight is 506 g/mol. The highest BCUT2D eigenvalue weighted by molar-refractivity contribution is 6.23. The van der Waals surface area contributed by atoms with Crippen LogP contribution in [0, 0.1) is 5.92 Å². The van der Waals surface area contributed by atoms with Gasteiger partial charge in [0.15, 0.2) is 17.3 Å². The summed E-state index contributed by atoms with van der Waals surface area (Å²) in [4.78, 5) is 47.8. The molecule has 5 rings (SSSR count). The minimum absolute atomic E-state index is 0.0904. The normalized spacial score (nSPS) is 18.5. The van der Waals surface area contributed by atoms with Crippen molar-refractivity contribution in [1.29, 1.82) is 0 Å². The number of hydrogen-bond donors (Lipinski definition) is 2. The van der Waals surface area contributed by atoms with E-state index in [9.17, 15) is 19.5 Å². The second-order valence-corrected chi connectivity index (χ2v) is 10.2. The van der Waals surface area contributed by atoms with Gasteiger partial charge in [0.05, 0.1) is 34.4 Å². The van der Waals surface area contributed by atoms with Gasteiger partial charge in [-0.05, 0) is 65.2 Å². The molecule has 11 heteroatoms. The van der Waals surface area contributed by atoms with Crippen molar-refractivity contribution in [3.8, 4) is 0 Å². The van der Waals surface area contributed by atoms with E-state index >= 15 is 0 Å². The van der Waals surface area contributed by atoms with E-state index in [1.165, 1.54) is 12.5 Å². The molecule has 0 saturated heterocycles. The predicted octanol–water partition coefficient (Wildman–Crippen LogP) is 4.12. The van der Waals surface area contributed by atoms with Gasteiger partial charge in [-0.15, -0.1) is 0 Å². The summed E-state index contributed by atoms with van der Waals surface area (Å²) < 4.78 is 12.2. The molecule has 1 saturated carbocycles. The molecule has 3 heterocycles. The zero-order valence-electron chi connectivity index (χ0n) is 20.9. The Morgan fingerprint density at radius 2 is 2.00 bits per heavy atom. The van der Waals surface area contributed by atoms with E-state index in [1.807, 2.05) is 4.57 Å². The number of carbonyl (C=O) groups excluding carboxylic acids is 3. The summed E-state index contributed by atoms with van der Waals surface area (Å²) in [6.07, 6.45) is 5.32. The third-order valence-electron chi connectivity index (χ3n) is 6.39. The number of allylic oxidation sites excluding steroid dienone is 1. The van der Waals surface area contributed by atoms with Crippen molar-refractivity contribution >= 4 is 40.1 Å². The Bertz CT molecular complexity index is 1470. The number of carbonyl (C=O) groups is 3. The number of aliphatic hydroxyl groups is 1.